The summed E-state index contributed by atoms with van der Waals surface area (Å²) in [5.74, 6) is 0. The van der Waals surface area contributed by atoms with E-state index in [0.717, 1.165) is 0 Å². The summed E-state index contributed by atoms with van der Waals surface area (Å²) in [7, 11) is 1.49. The van der Waals surface area contributed by atoms with Crippen LogP contribution in [0.2, 0.25) is 0 Å². The molecule has 6 heteroatoms. The zero-order chi connectivity index (χ0) is 10.7. The van der Waals surface area contributed by atoms with E-state index in [4.69, 9.17) is 0 Å². The van der Waals surface area contributed by atoms with Gasteiger partial charge in [-0.25, -0.2) is 0 Å². The van der Waals surface area contributed by atoms with Crippen molar-refractivity contribution >= 4 is 29.2 Å². The predicted octanol–water partition coefficient (Wildman–Crippen LogP) is 2.08. The highest BCUT2D eigenvalue weighted by Crippen LogP contribution is 2.20. The Morgan fingerprint density at radius 2 is 2.21 bits per heavy atom. The number of rotatable bonds is 2. The van der Waals surface area contributed by atoms with Crippen molar-refractivity contribution in [3.8, 4) is 0 Å². The van der Waals surface area contributed by atoms with Crippen LogP contribution in [0.25, 0.3) is 0 Å². The molecular weight excluding hydrogens is 204 g/mol. The first-order valence-electron chi connectivity index (χ1n) is 3.73. The van der Waals surface area contributed by atoms with E-state index in [1.165, 1.54) is 30.1 Å². The molecule has 0 radical (unpaired) electrons. The Balaban J connectivity index is 3.05. The largest absolute Gasteiger partial charge is 0.306 e. The molecular formula is C8H8N2O3S. The molecule has 0 atom stereocenters. The number of amides is 1. The Hall–Kier alpha value is -1.56. The molecule has 1 rings (SSSR count). The third-order valence-corrected chi connectivity index (χ3v) is 2.01. The van der Waals surface area contributed by atoms with Gasteiger partial charge in [0.25, 0.3) is 10.9 Å². The number of thiol groups is 1. The predicted molar refractivity (Wildman–Crippen MR) is 55.9 cm³/mol. The smallest absolute Gasteiger partial charge is 0.282 e. The van der Waals surface area contributed by atoms with Gasteiger partial charge in [-0.2, -0.15) is 0 Å². The fourth-order valence-electron chi connectivity index (χ4n) is 0.926. The molecule has 74 valence electrons. The summed E-state index contributed by atoms with van der Waals surface area (Å²) in [5.41, 5.74) is 0.392. The minimum atomic E-state index is -0.514. The van der Waals surface area contributed by atoms with Crippen LogP contribution in [0, 0.1) is 10.1 Å². The van der Waals surface area contributed by atoms with Crippen molar-refractivity contribution < 1.29 is 9.72 Å². The summed E-state index contributed by atoms with van der Waals surface area (Å²) >= 11 is 3.61. The fourth-order valence-corrected chi connectivity index (χ4v) is 1.04. The van der Waals surface area contributed by atoms with Gasteiger partial charge in [0.2, 0.25) is 0 Å². The summed E-state index contributed by atoms with van der Waals surface area (Å²) < 4.78 is 0. The minimum absolute atomic E-state index is 0.0519. The Kier molecular flexibility index (Phi) is 3.08. The second-order valence-electron chi connectivity index (χ2n) is 2.62. The molecule has 14 heavy (non-hydrogen) atoms. The summed E-state index contributed by atoms with van der Waals surface area (Å²) in [4.78, 5) is 22.0. The van der Waals surface area contributed by atoms with Crippen molar-refractivity contribution in [2.75, 3.05) is 11.9 Å². The molecule has 0 saturated heterocycles. The molecule has 0 N–H and O–H groups in total. The van der Waals surface area contributed by atoms with Gasteiger partial charge < -0.3 is 4.90 Å². The molecule has 0 fully saturated rings. The maximum absolute atomic E-state index is 10.8. The van der Waals surface area contributed by atoms with E-state index in [-0.39, 0.29) is 5.69 Å². The first-order chi connectivity index (χ1) is 6.52. The van der Waals surface area contributed by atoms with Crippen molar-refractivity contribution in [2.45, 2.75) is 0 Å². The average molecular weight is 212 g/mol. The number of nitrogens with zero attached hydrogens (tertiary/aromatic N) is 2. The number of non-ortho nitro benzene ring substituents is 1. The van der Waals surface area contributed by atoms with E-state index in [9.17, 15) is 14.9 Å². The van der Waals surface area contributed by atoms with Gasteiger partial charge in [-0.3, -0.25) is 14.9 Å². The number of benzene rings is 1. The molecule has 0 bridgehead atoms. The van der Waals surface area contributed by atoms with Crippen LogP contribution >= 0.6 is 12.6 Å². The second-order valence-corrected chi connectivity index (χ2v) is 3.00. The van der Waals surface area contributed by atoms with Gasteiger partial charge in [0.05, 0.1) is 10.6 Å². The number of carbonyl (C=O) groups is 1. The first kappa shape index (κ1) is 10.5. The van der Waals surface area contributed by atoms with Crippen molar-refractivity contribution in [3.05, 3.63) is 34.4 Å². The summed E-state index contributed by atoms with van der Waals surface area (Å²) in [6.07, 6.45) is 0. The Morgan fingerprint density at radius 1 is 1.57 bits per heavy atom. The molecule has 0 aliphatic heterocycles. The molecule has 1 aromatic rings. The lowest BCUT2D eigenvalue weighted by Gasteiger charge is -2.13. The van der Waals surface area contributed by atoms with Crippen molar-refractivity contribution in [2.24, 2.45) is 0 Å². The monoisotopic (exact) mass is 212 g/mol. The normalized spacial score (nSPS) is 9.57. The summed E-state index contributed by atoms with van der Waals surface area (Å²) in [6, 6.07) is 5.79. The van der Waals surface area contributed by atoms with Gasteiger partial charge in [-0.15, -0.1) is 0 Å². The maximum atomic E-state index is 10.8. The summed E-state index contributed by atoms with van der Waals surface area (Å²) in [6.45, 7) is 0. The highest BCUT2D eigenvalue weighted by atomic mass is 32.1. The van der Waals surface area contributed by atoms with Gasteiger partial charge in [-0.1, -0.05) is 18.7 Å². The number of hydrogen-bond acceptors (Lipinski definition) is 3. The SMILES string of the molecule is CN(C(=O)S)c1cccc([N+](=O)[O-])c1. The number of anilines is 1. The fraction of sp³-hybridized carbons (Fsp3) is 0.125. The quantitative estimate of drug-likeness (QED) is 0.463. The van der Waals surface area contributed by atoms with Crippen LogP contribution in [0.3, 0.4) is 0 Å². The Bertz CT molecular complexity index is 381. The standard InChI is InChI=1S/C8H8N2O3S/c1-9(8(11)14)6-3-2-4-7(5-6)10(12)13/h2-5H,1H3,(H,11,14). The van der Waals surface area contributed by atoms with Crippen LogP contribution in [0.1, 0.15) is 0 Å². The van der Waals surface area contributed by atoms with Crippen LogP contribution in [-0.4, -0.2) is 17.2 Å². The third kappa shape index (κ3) is 2.23. The number of hydrogen-bond donors (Lipinski definition) is 1. The minimum Gasteiger partial charge on any atom is -0.306 e. The van der Waals surface area contributed by atoms with E-state index < -0.39 is 10.2 Å². The molecule has 0 unspecified atom stereocenters. The molecule has 0 heterocycles. The lowest BCUT2D eigenvalue weighted by molar-refractivity contribution is -0.384. The average Bonchev–Trinajstić information content (AvgIpc) is 2.16. The van der Waals surface area contributed by atoms with Crippen LogP contribution in [-0.2, 0) is 0 Å². The summed E-state index contributed by atoms with van der Waals surface area (Å²) in [5, 5.41) is 9.96. The van der Waals surface area contributed by atoms with Crippen molar-refractivity contribution in [1.82, 2.24) is 0 Å². The van der Waals surface area contributed by atoms with Crippen LogP contribution in [0.4, 0.5) is 16.2 Å². The van der Waals surface area contributed by atoms with Crippen LogP contribution in [0.5, 0.6) is 0 Å². The zero-order valence-corrected chi connectivity index (χ0v) is 8.27. The van der Waals surface area contributed by atoms with Gasteiger partial charge in [0.1, 0.15) is 0 Å². The van der Waals surface area contributed by atoms with Gasteiger partial charge in [0, 0.05) is 19.2 Å². The lowest BCUT2D eigenvalue weighted by Crippen LogP contribution is -2.19. The number of nitro groups is 1. The molecule has 0 aromatic heterocycles. The van der Waals surface area contributed by atoms with E-state index in [1.807, 2.05) is 0 Å². The molecule has 0 aliphatic carbocycles. The van der Waals surface area contributed by atoms with Crippen LogP contribution in [0.15, 0.2) is 24.3 Å². The van der Waals surface area contributed by atoms with Gasteiger partial charge in [0.15, 0.2) is 0 Å². The zero-order valence-electron chi connectivity index (χ0n) is 7.38. The van der Waals surface area contributed by atoms with E-state index >= 15 is 0 Å². The van der Waals surface area contributed by atoms with Gasteiger partial charge in [-0.05, 0) is 6.07 Å². The Labute approximate surface area is 85.9 Å². The molecule has 5 nitrogen and oxygen atoms in total. The van der Waals surface area contributed by atoms with E-state index in [1.54, 1.807) is 6.07 Å². The number of carbonyl (C=O) groups excluding carboxylic acids is 1. The molecule has 0 saturated carbocycles. The molecule has 1 aromatic carbocycles. The molecule has 1 amide bonds. The lowest BCUT2D eigenvalue weighted by atomic mass is 10.3. The highest BCUT2D eigenvalue weighted by Gasteiger charge is 2.10. The topological polar surface area (TPSA) is 63.5 Å². The number of nitro benzene ring substituents is 1. The second kappa shape index (κ2) is 4.10. The van der Waals surface area contributed by atoms with Crippen molar-refractivity contribution in [3.63, 3.8) is 0 Å². The highest BCUT2D eigenvalue weighted by molar-refractivity contribution is 7.96. The van der Waals surface area contributed by atoms with Gasteiger partial charge >= 0.3 is 0 Å². The molecule has 0 spiro atoms. The third-order valence-electron chi connectivity index (χ3n) is 1.71. The Morgan fingerprint density at radius 3 is 2.71 bits per heavy atom. The van der Waals surface area contributed by atoms with Crippen LogP contribution < -0.4 is 4.90 Å². The molecule has 0 aliphatic rings. The first-order valence-corrected chi connectivity index (χ1v) is 4.18. The van der Waals surface area contributed by atoms with Crippen molar-refractivity contribution in [1.29, 1.82) is 0 Å². The van der Waals surface area contributed by atoms with E-state index in [2.05, 4.69) is 12.6 Å². The maximum Gasteiger partial charge on any atom is 0.282 e. The van der Waals surface area contributed by atoms with E-state index in [0.29, 0.717) is 5.69 Å².